The molecule has 0 aromatic carbocycles. The van der Waals surface area contributed by atoms with E-state index < -0.39 is 0 Å². The van der Waals surface area contributed by atoms with Gasteiger partial charge in [-0.05, 0) is 31.7 Å². The van der Waals surface area contributed by atoms with Gasteiger partial charge in [0.05, 0.1) is 12.1 Å². The normalized spacial score (nSPS) is 28.8. The number of carbonyl (C=O) groups is 1. The summed E-state index contributed by atoms with van der Waals surface area (Å²) in [6.07, 6.45) is 9.86. The van der Waals surface area contributed by atoms with Gasteiger partial charge in [0, 0.05) is 23.9 Å². The second-order valence-corrected chi connectivity index (χ2v) is 5.63. The fourth-order valence-corrected chi connectivity index (χ4v) is 3.45. The topological polar surface area (TPSA) is 42.2 Å². The maximum Gasteiger partial charge on any atom is 0.164 e. The molecule has 0 aliphatic heterocycles. The van der Waals surface area contributed by atoms with E-state index in [2.05, 4.69) is 4.57 Å². The van der Waals surface area contributed by atoms with Gasteiger partial charge in [0.15, 0.2) is 5.78 Å². The zero-order chi connectivity index (χ0) is 12.5. The summed E-state index contributed by atoms with van der Waals surface area (Å²) in [5.74, 6) is 0.276. The van der Waals surface area contributed by atoms with Gasteiger partial charge in [0.25, 0.3) is 0 Å². The lowest BCUT2D eigenvalue weighted by Crippen LogP contribution is -2.25. The number of carbonyl (C=O) groups excluding carboxylic acids is 1. The van der Waals surface area contributed by atoms with Crippen molar-refractivity contribution >= 4 is 5.78 Å². The highest BCUT2D eigenvalue weighted by Gasteiger charge is 2.28. The second kappa shape index (κ2) is 4.88. The van der Waals surface area contributed by atoms with Crippen LogP contribution in [-0.4, -0.2) is 21.6 Å². The molecule has 0 amide bonds. The van der Waals surface area contributed by atoms with E-state index in [1.807, 2.05) is 12.3 Å². The number of aliphatic hydroxyl groups excluding tert-OH is 1. The van der Waals surface area contributed by atoms with Crippen molar-refractivity contribution in [1.82, 2.24) is 4.57 Å². The van der Waals surface area contributed by atoms with Crippen LogP contribution in [0.2, 0.25) is 0 Å². The van der Waals surface area contributed by atoms with Crippen LogP contribution in [0.25, 0.3) is 0 Å². The molecule has 1 fully saturated rings. The fourth-order valence-electron chi connectivity index (χ4n) is 3.45. The van der Waals surface area contributed by atoms with Crippen molar-refractivity contribution in [3.05, 3.63) is 23.5 Å². The minimum absolute atomic E-state index is 0.183. The van der Waals surface area contributed by atoms with E-state index in [4.69, 9.17) is 0 Å². The van der Waals surface area contributed by atoms with Crippen LogP contribution < -0.4 is 0 Å². The average molecular weight is 247 g/mol. The number of aliphatic hydroxyl groups is 1. The van der Waals surface area contributed by atoms with Crippen LogP contribution >= 0.6 is 0 Å². The monoisotopic (exact) mass is 247 g/mol. The van der Waals surface area contributed by atoms with Crippen molar-refractivity contribution in [2.45, 2.75) is 63.5 Å². The van der Waals surface area contributed by atoms with Crippen LogP contribution in [0.4, 0.5) is 0 Å². The van der Waals surface area contributed by atoms with E-state index in [-0.39, 0.29) is 17.9 Å². The van der Waals surface area contributed by atoms with Crippen molar-refractivity contribution in [3.8, 4) is 0 Å². The van der Waals surface area contributed by atoms with Gasteiger partial charge < -0.3 is 9.67 Å². The Bertz CT molecular complexity index is 449. The molecule has 0 bridgehead atoms. The highest BCUT2D eigenvalue weighted by atomic mass is 16.3. The van der Waals surface area contributed by atoms with Gasteiger partial charge in [-0.3, -0.25) is 4.79 Å². The predicted molar refractivity (Wildman–Crippen MR) is 69.8 cm³/mol. The van der Waals surface area contributed by atoms with Crippen molar-refractivity contribution in [3.63, 3.8) is 0 Å². The molecule has 1 heterocycles. The molecule has 98 valence electrons. The summed E-state index contributed by atoms with van der Waals surface area (Å²) in [5, 5.41) is 10.3. The minimum atomic E-state index is -0.249. The van der Waals surface area contributed by atoms with Gasteiger partial charge in [0.2, 0.25) is 0 Å². The summed E-state index contributed by atoms with van der Waals surface area (Å²) >= 11 is 0. The number of nitrogens with zero attached hydrogens (tertiary/aromatic N) is 1. The number of rotatable bonds is 1. The first kappa shape index (κ1) is 12.0. The summed E-state index contributed by atoms with van der Waals surface area (Å²) < 4.78 is 2.20. The Labute approximate surface area is 108 Å². The van der Waals surface area contributed by atoms with E-state index in [1.54, 1.807) is 0 Å². The molecule has 2 atom stereocenters. The summed E-state index contributed by atoms with van der Waals surface area (Å²) in [6, 6.07) is 2.14. The third-order valence-electron chi connectivity index (χ3n) is 4.44. The quantitative estimate of drug-likeness (QED) is 0.775. The number of ketones is 1. The summed E-state index contributed by atoms with van der Waals surface area (Å²) in [5.41, 5.74) is 2.06. The number of aromatic nitrogens is 1. The first-order valence-corrected chi connectivity index (χ1v) is 7.18. The lowest BCUT2D eigenvalue weighted by atomic mass is 9.96. The van der Waals surface area contributed by atoms with Crippen LogP contribution in [0.3, 0.4) is 0 Å². The summed E-state index contributed by atoms with van der Waals surface area (Å²) in [4.78, 5) is 11.9. The Morgan fingerprint density at radius 1 is 1.11 bits per heavy atom. The standard InChI is InChI=1S/C15H21NO2/c17-14-8-4-6-12-11(14)9-10-16(12)13-5-2-1-3-7-15(13)18/h9-10,13,15,18H,1-8H2. The highest BCUT2D eigenvalue weighted by molar-refractivity contribution is 5.98. The van der Waals surface area contributed by atoms with Gasteiger partial charge in [-0.1, -0.05) is 19.3 Å². The number of Topliss-reactive ketones (excluding diaryl/α,β-unsaturated/α-hetero) is 1. The molecule has 0 saturated heterocycles. The second-order valence-electron chi connectivity index (χ2n) is 5.63. The van der Waals surface area contributed by atoms with Crippen LogP contribution in [0.5, 0.6) is 0 Å². The molecule has 2 unspecified atom stereocenters. The summed E-state index contributed by atoms with van der Waals surface area (Å²) in [7, 11) is 0. The van der Waals surface area contributed by atoms with Crippen LogP contribution in [0, 0.1) is 0 Å². The molecule has 2 aliphatic carbocycles. The van der Waals surface area contributed by atoms with E-state index in [9.17, 15) is 9.90 Å². The lowest BCUT2D eigenvalue weighted by Gasteiger charge is -2.26. The third kappa shape index (κ3) is 2.01. The molecule has 1 aromatic heterocycles. The summed E-state index contributed by atoms with van der Waals surface area (Å²) in [6.45, 7) is 0. The number of hydrogen-bond donors (Lipinski definition) is 1. The molecule has 0 radical (unpaired) electrons. The zero-order valence-corrected chi connectivity index (χ0v) is 10.8. The predicted octanol–water partition coefficient (Wildman–Crippen LogP) is 2.87. The molecule has 1 N–H and O–H groups in total. The van der Waals surface area contributed by atoms with E-state index >= 15 is 0 Å². The lowest BCUT2D eigenvalue weighted by molar-refractivity contribution is 0.0955. The van der Waals surface area contributed by atoms with E-state index in [0.29, 0.717) is 6.42 Å². The largest absolute Gasteiger partial charge is 0.391 e. The molecular formula is C15H21NO2. The molecule has 3 heteroatoms. The smallest absolute Gasteiger partial charge is 0.164 e. The highest BCUT2D eigenvalue weighted by Crippen LogP contribution is 2.32. The molecule has 0 spiro atoms. The fraction of sp³-hybridized carbons (Fsp3) is 0.667. The van der Waals surface area contributed by atoms with Crippen molar-refractivity contribution < 1.29 is 9.90 Å². The molecule has 1 saturated carbocycles. The van der Waals surface area contributed by atoms with Gasteiger partial charge >= 0.3 is 0 Å². The van der Waals surface area contributed by atoms with Gasteiger partial charge in [-0.15, -0.1) is 0 Å². The van der Waals surface area contributed by atoms with E-state index in [0.717, 1.165) is 43.4 Å². The van der Waals surface area contributed by atoms with Crippen molar-refractivity contribution in [1.29, 1.82) is 0 Å². The van der Waals surface area contributed by atoms with Crippen molar-refractivity contribution in [2.24, 2.45) is 0 Å². The number of fused-ring (bicyclic) bond motifs is 1. The Balaban J connectivity index is 1.94. The number of hydrogen-bond acceptors (Lipinski definition) is 2. The molecule has 2 aliphatic rings. The molecule has 18 heavy (non-hydrogen) atoms. The SMILES string of the molecule is O=C1CCCc2c1ccn2C1CCCCCC1O. The Morgan fingerprint density at radius 2 is 1.94 bits per heavy atom. The molecule has 3 rings (SSSR count). The van der Waals surface area contributed by atoms with Crippen LogP contribution in [-0.2, 0) is 6.42 Å². The maximum atomic E-state index is 11.9. The minimum Gasteiger partial charge on any atom is -0.391 e. The van der Waals surface area contributed by atoms with Gasteiger partial charge in [-0.2, -0.15) is 0 Å². The maximum absolute atomic E-state index is 11.9. The van der Waals surface area contributed by atoms with Gasteiger partial charge in [-0.25, -0.2) is 0 Å². The molecular weight excluding hydrogens is 226 g/mol. The molecule has 1 aromatic rings. The molecule has 3 nitrogen and oxygen atoms in total. The van der Waals surface area contributed by atoms with E-state index in [1.165, 1.54) is 12.8 Å². The van der Waals surface area contributed by atoms with Crippen LogP contribution in [0.15, 0.2) is 12.3 Å². The Hall–Kier alpha value is -1.09. The first-order valence-electron chi connectivity index (χ1n) is 7.18. The Kier molecular flexibility index (Phi) is 3.25. The van der Waals surface area contributed by atoms with Crippen molar-refractivity contribution in [2.75, 3.05) is 0 Å². The van der Waals surface area contributed by atoms with Gasteiger partial charge in [0.1, 0.15) is 0 Å². The third-order valence-corrected chi connectivity index (χ3v) is 4.44. The zero-order valence-electron chi connectivity index (χ0n) is 10.8. The first-order chi connectivity index (χ1) is 8.77. The van der Waals surface area contributed by atoms with Crippen LogP contribution in [0.1, 0.15) is 67.0 Å². The average Bonchev–Trinajstić information content (AvgIpc) is 2.68. The Morgan fingerprint density at radius 3 is 2.83 bits per heavy atom.